The quantitative estimate of drug-likeness (QED) is 0.934. The Morgan fingerprint density at radius 3 is 2.48 bits per heavy atom. The number of rotatable bonds is 4. The molecule has 23 heavy (non-hydrogen) atoms. The second-order valence-electron chi connectivity index (χ2n) is 5.52. The molecule has 1 aliphatic heterocycles. The van der Waals surface area contributed by atoms with E-state index in [2.05, 4.69) is 10.2 Å². The van der Waals surface area contributed by atoms with Crippen LogP contribution in [0.2, 0.25) is 5.02 Å². The van der Waals surface area contributed by atoms with Crippen molar-refractivity contribution in [3.8, 4) is 0 Å². The van der Waals surface area contributed by atoms with Gasteiger partial charge in [0.1, 0.15) is 0 Å². The van der Waals surface area contributed by atoms with Gasteiger partial charge in [0.05, 0.1) is 23.8 Å². The second kappa shape index (κ2) is 7.59. The van der Waals surface area contributed by atoms with Crippen molar-refractivity contribution in [1.29, 1.82) is 0 Å². The lowest BCUT2D eigenvalue weighted by atomic mass is 10.1. The molecule has 0 saturated carbocycles. The smallest absolute Gasteiger partial charge is 0.257 e. The third-order valence-electron chi connectivity index (χ3n) is 3.84. The number of carbonyl (C=O) groups is 1. The molecule has 2 aromatic carbocycles. The molecule has 1 fully saturated rings. The average molecular weight is 331 g/mol. The van der Waals surface area contributed by atoms with Crippen molar-refractivity contribution < 1.29 is 9.53 Å². The maximum absolute atomic E-state index is 12.2. The van der Waals surface area contributed by atoms with Crippen molar-refractivity contribution in [2.24, 2.45) is 0 Å². The van der Waals surface area contributed by atoms with E-state index in [-0.39, 0.29) is 5.91 Å². The standard InChI is InChI=1S/C18H19ClN2O2/c19-17-4-2-1-3-16(17)18(22)20-15-7-5-14(6-8-15)13-21-9-11-23-12-10-21/h1-8H,9-13H2,(H,20,22). The second-order valence-corrected chi connectivity index (χ2v) is 5.93. The lowest BCUT2D eigenvalue weighted by Gasteiger charge is -2.26. The summed E-state index contributed by atoms with van der Waals surface area (Å²) in [6.07, 6.45) is 0. The van der Waals surface area contributed by atoms with Gasteiger partial charge in [0.25, 0.3) is 5.91 Å². The van der Waals surface area contributed by atoms with Crippen LogP contribution in [0.15, 0.2) is 48.5 Å². The normalized spacial score (nSPS) is 15.3. The molecule has 1 heterocycles. The van der Waals surface area contributed by atoms with Crippen LogP contribution in [0.4, 0.5) is 5.69 Å². The Bertz CT molecular complexity index is 667. The SMILES string of the molecule is O=C(Nc1ccc(CN2CCOCC2)cc1)c1ccccc1Cl. The highest BCUT2D eigenvalue weighted by Crippen LogP contribution is 2.18. The fourth-order valence-corrected chi connectivity index (χ4v) is 2.78. The lowest BCUT2D eigenvalue weighted by molar-refractivity contribution is 0.0342. The summed E-state index contributed by atoms with van der Waals surface area (Å²) in [5, 5.41) is 3.33. The summed E-state index contributed by atoms with van der Waals surface area (Å²) >= 11 is 6.04. The van der Waals surface area contributed by atoms with Crippen LogP contribution in [0.1, 0.15) is 15.9 Å². The summed E-state index contributed by atoms with van der Waals surface area (Å²) in [4.78, 5) is 14.6. The van der Waals surface area contributed by atoms with E-state index in [0.29, 0.717) is 10.6 Å². The van der Waals surface area contributed by atoms with Gasteiger partial charge >= 0.3 is 0 Å². The van der Waals surface area contributed by atoms with E-state index < -0.39 is 0 Å². The van der Waals surface area contributed by atoms with Crippen LogP contribution >= 0.6 is 11.6 Å². The highest BCUT2D eigenvalue weighted by atomic mass is 35.5. The van der Waals surface area contributed by atoms with E-state index in [1.807, 2.05) is 24.3 Å². The first kappa shape index (κ1) is 16.0. The fraction of sp³-hybridized carbons (Fsp3) is 0.278. The van der Waals surface area contributed by atoms with Gasteiger partial charge in [-0.05, 0) is 29.8 Å². The predicted molar refractivity (Wildman–Crippen MR) is 91.9 cm³/mol. The van der Waals surface area contributed by atoms with Crippen LogP contribution in [0.25, 0.3) is 0 Å². The van der Waals surface area contributed by atoms with Gasteiger partial charge in [-0.2, -0.15) is 0 Å². The van der Waals surface area contributed by atoms with Gasteiger partial charge in [0.2, 0.25) is 0 Å². The first-order valence-electron chi connectivity index (χ1n) is 7.67. The summed E-state index contributed by atoms with van der Waals surface area (Å²) in [5.74, 6) is -0.198. The average Bonchev–Trinajstić information content (AvgIpc) is 2.58. The lowest BCUT2D eigenvalue weighted by Crippen LogP contribution is -2.35. The minimum absolute atomic E-state index is 0.198. The molecular formula is C18H19ClN2O2. The molecule has 3 rings (SSSR count). The molecule has 0 bridgehead atoms. The monoisotopic (exact) mass is 330 g/mol. The molecule has 0 aliphatic carbocycles. The van der Waals surface area contributed by atoms with E-state index in [1.54, 1.807) is 24.3 Å². The maximum atomic E-state index is 12.2. The molecule has 1 N–H and O–H groups in total. The number of nitrogens with zero attached hydrogens (tertiary/aromatic N) is 1. The van der Waals surface area contributed by atoms with Gasteiger partial charge in [0.15, 0.2) is 0 Å². The Hall–Kier alpha value is -1.88. The molecular weight excluding hydrogens is 312 g/mol. The summed E-state index contributed by atoms with van der Waals surface area (Å²) < 4.78 is 5.35. The highest BCUT2D eigenvalue weighted by molar-refractivity contribution is 6.34. The van der Waals surface area contributed by atoms with Crippen LogP contribution < -0.4 is 5.32 Å². The van der Waals surface area contributed by atoms with E-state index in [4.69, 9.17) is 16.3 Å². The predicted octanol–water partition coefficient (Wildman–Crippen LogP) is 3.42. The zero-order valence-electron chi connectivity index (χ0n) is 12.8. The Kier molecular flexibility index (Phi) is 5.28. The molecule has 5 heteroatoms. The number of morpholine rings is 1. The number of carbonyl (C=O) groups excluding carboxylic acids is 1. The number of anilines is 1. The van der Waals surface area contributed by atoms with E-state index in [0.717, 1.165) is 38.5 Å². The molecule has 2 aromatic rings. The number of ether oxygens (including phenoxy) is 1. The molecule has 1 aliphatic rings. The van der Waals surface area contributed by atoms with Crippen molar-refractivity contribution in [2.75, 3.05) is 31.6 Å². The van der Waals surface area contributed by atoms with Gasteiger partial charge in [-0.3, -0.25) is 9.69 Å². The molecule has 120 valence electrons. The summed E-state index contributed by atoms with van der Waals surface area (Å²) in [7, 11) is 0. The van der Waals surface area contributed by atoms with E-state index in [1.165, 1.54) is 5.56 Å². The van der Waals surface area contributed by atoms with Crippen LogP contribution in [0.3, 0.4) is 0 Å². The number of nitrogens with one attached hydrogen (secondary N) is 1. The first-order valence-corrected chi connectivity index (χ1v) is 8.05. The third kappa shape index (κ3) is 4.32. The molecule has 1 amide bonds. The third-order valence-corrected chi connectivity index (χ3v) is 4.17. The summed E-state index contributed by atoms with van der Waals surface area (Å²) in [6.45, 7) is 4.43. The van der Waals surface area contributed by atoms with Crippen molar-refractivity contribution in [3.05, 3.63) is 64.7 Å². The number of halogens is 1. The zero-order valence-corrected chi connectivity index (χ0v) is 13.6. The molecule has 0 spiro atoms. The van der Waals surface area contributed by atoms with Gasteiger partial charge in [-0.1, -0.05) is 35.9 Å². The first-order chi connectivity index (χ1) is 11.2. The van der Waals surface area contributed by atoms with Crippen LogP contribution in [0, 0.1) is 0 Å². The molecule has 4 nitrogen and oxygen atoms in total. The summed E-state index contributed by atoms with van der Waals surface area (Å²) in [6, 6.07) is 14.9. The Morgan fingerprint density at radius 1 is 1.09 bits per heavy atom. The van der Waals surface area contributed by atoms with Gasteiger partial charge < -0.3 is 10.1 Å². The number of amides is 1. The highest BCUT2D eigenvalue weighted by Gasteiger charge is 2.12. The minimum Gasteiger partial charge on any atom is -0.379 e. The van der Waals surface area contributed by atoms with E-state index in [9.17, 15) is 4.79 Å². The molecule has 1 saturated heterocycles. The fourth-order valence-electron chi connectivity index (χ4n) is 2.55. The molecule has 0 radical (unpaired) electrons. The van der Waals surface area contributed by atoms with Crippen LogP contribution in [0.5, 0.6) is 0 Å². The van der Waals surface area contributed by atoms with Gasteiger partial charge in [0, 0.05) is 25.3 Å². The molecule has 0 atom stereocenters. The van der Waals surface area contributed by atoms with Gasteiger partial charge in [-0.25, -0.2) is 0 Å². The minimum atomic E-state index is -0.198. The number of benzene rings is 2. The Balaban J connectivity index is 1.61. The van der Waals surface area contributed by atoms with Crippen LogP contribution in [-0.2, 0) is 11.3 Å². The zero-order chi connectivity index (χ0) is 16.1. The topological polar surface area (TPSA) is 41.6 Å². The Labute approximate surface area is 141 Å². The van der Waals surface area contributed by atoms with E-state index >= 15 is 0 Å². The van der Waals surface area contributed by atoms with Crippen molar-refractivity contribution in [1.82, 2.24) is 4.90 Å². The molecule has 0 aromatic heterocycles. The van der Waals surface area contributed by atoms with Gasteiger partial charge in [-0.15, -0.1) is 0 Å². The molecule has 0 unspecified atom stereocenters. The Morgan fingerprint density at radius 2 is 1.78 bits per heavy atom. The number of hydrogen-bond acceptors (Lipinski definition) is 3. The van der Waals surface area contributed by atoms with Crippen molar-refractivity contribution in [3.63, 3.8) is 0 Å². The number of hydrogen-bond donors (Lipinski definition) is 1. The van der Waals surface area contributed by atoms with Crippen molar-refractivity contribution >= 4 is 23.2 Å². The van der Waals surface area contributed by atoms with Crippen LogP contribution in [-0.4, -0.2) is 37.1 Å². The van der Waals surface area contributed by atoms with Crippen molar-refractivity contribution in [2.45, 2.75) is 6.54 Å². The summed E-state index contributed by atoms with van der Waals surface area (Å²) in [5.41, 5.74) is 2.47. The maximum Gasteiger partial charge on any atom is 0.257 e. The largest absolute Gasteiger partial charge is 0.379 e.